The number of hydrogen-bond donors (Lipinski definition) is 2. The molecule has 3 aromatic rings. The number of anilines is 1. The fraction of sp³-hybridized carbons (Fsp3) is 0.0556. The predicted molar refractivity (Wildman–Crippen MR) is 91.6 cm³/mol. The van der Waals surface area contributed by atoms with Gasteiger partial charge in [0.25, 0.3) is 11.6 Å². The Kier molecular flexibility index (Phi) is 3.67. The molecule has 0 unspecified atom stereocenters. The second-order valence-electron chi connectivity index (χ2n) is 5.75. The van der Waals surface area contributed by atoms with E-state index in [-0.39, 0.29) is 5.69 Å². The molecule has 0 aliphatic carbocycles. The van der Waals surface area contributed by atoms with Crippen LogP contribution >= 0.6 is 0 Å². The first-order valence-electron chi connectivity index (χ1n) is 7.77. The Balaban J connectivity index is 1.67. The van der Waals surface area contributed by atoms with Crippen molar-refractivity contribution in [1.29, 1.82) is 0 Å². The number of benzene rings is 2. The second-order valence-corrected chi connectivity index (χ2v) is 5.75. The average Bonchev–Trinajstić information content (AvgIpc) is 3.15. The van der Waals surface area contributed by atoms with Crippen LogP contribution in [0.25, 0.3) is 11.3 Å². The third-order valence-electron chi connectivity index (χ3n) is 4.14. The van der Waals surface area contributed by atoms with E-state index in [0.717, 1.165) is 0 Å². The maximum atomic E-state index is 12.3. The van der Waals surface area contributed by atoms with Crippen LogP contribution in [0.4, 0.5) is 11.4 Å². The summed E-state index contributed by atoms with van der Waals surface area (Å²) in [4.78, 5) is 22.8. The van der Waals surface area contributed by atoms with Crippen molar-refractivity contribution in [2.45, 2.75) is 6.17 Å². The molecule has 0 spiro atoms. The molecule has 8 nitrogen and oxygen atoms in total. The molecule has 26 heavy (non-hydrogen) atoms. The molecule has 1 aromatic heterocycles. The Bertz CT molecular complexity index is 1010. The van der Waals surface area contributed by atoms with Crippen LogP contribution in [0.5, 0.6) is 0 Å². The van der Waals surface area contributed by atoms with Crippen LogP contribution in [-0.2, 0) is 0 Å². The van der Waals surface area contributed by atoms with Crippen molar-refractivity contribution in [1.82, 2.24) is 5.06 Å². The SMILES string of the molecule is O=C1c2ccccc2N[C@@H](c2ccc(-c3cccc([N+](=O)[O-])c3)o2)N1O. The van der Waals surface area contributed by atoms with Gasteiger partial charge < -0.3 is 9.73 Å². The number of nitrogens with one attached hydrogen (secondary N) is 1. The van der Waals surface area contributed by atoms with E-state index >= 15 is 0 Å². The number of carbonyl (C=O) groups excluding carboxylic acids is 1. The minimum atomic E-state index is -0.898. The summed E-state index contributed by atoms with van der Waals surface area (Å²) in [5, 5.41) is 24.7. The first-order valence-corrected chi connectivity index (χ1v) is 7.77. The van der Waals surface area contributed by atoms with E-state index in [9.17, 15) is 20.1 Å². The van der Waals surface area contributed by atoms with Gasteiger partial charge in [0.1, 0.15) is 11.5 Å². The van der Waals surface area contributed by atoms with Crippen molar-refractivity contribution in [3.63, 3.8) is 0 Å². The van der Waals surface area contributed by atoms with Gasteiger partial charge in [-0.05, 0) is 24.3 Å². The van der Waals surface area contributed by atoms with Gasteiger partial charge in [0.15, 0.2) is 6.17 Å². The third kappa shape index (κ3) is 2.58. The summed E-state index contributed by atoms with van der Waals surface area (Å²) in [7, 11) is 0. The summed E-state index contributed by atoms with van der Waals surface area (Å²) in [5.41, 5.74) is 1.42. The molecule has 1 aliphatic heterocycles. The maximum Gasteiger partial charge on any atom is 0.281 e. The van der Waals surface area contributed by atoms with E-state index in [0.29, 0.717) is 33.4 Å². The predicted octanol–water partition coefficient (Wildman–Crippen LogP) is 3.81. The number of rotatable bonds is 3. The highest BCUT2D eigenvalue weighted by molar-refractivity contribution is 6.00. The lowest BCUT2D eigenvalue weighted by atomic mass is 10.1. The van der Waals surface area contributed by atoms with Crippen LogP contribution in [-0.4, -0.2) is 21.1 Å². The van der Waals surface area contributed by atoms with Crippen LogP contribution in [0.1, 0.15) is 22.3 Å². The fourth-order valence-corrected chi connectivity index (χ4v) is 2.86. The molecule has 0 fully saturated rings. The summed E-state index contributed by atoms with van der Waals surface area (Å²) < 4.78 is 5.74. The Labute approximate surface area is 147 Å². The van der Waals surface area contributed by atoms with Gasteiger partial charge in [-0.15, -0.1) is 0 Å². The van der Waals surface area contributed by atoms with E-state index in [1.54, 1.807) is 48.5 Å². The van der Waals surface area contributed by atoms with Gasteiger partial charge in [-0.3, -0.25) is 20.1 Å². The zero-order valence-electron chi connectivity index (χ0n) is 13.3. The highest BCUT2D eigenvalue weighted by atomic mass is 16.6. The van der Waals surface area contributed by atoms with Crippen molar-refractivity contribution >= 4 is 17.3 Å². The largest absolute Gasteiger partial charge is 0.457 e. The first kappa shape index (κ1) is 15.9. The van der Waals surface area contributed by atoms with Crippen LogP contribution in [0.3, 0.4) is 0 Å². The van der Waals surface area contributed by atoms with Crippen LogP contribution in [0, 0.1) is 10.1 Å². The fourth-order valence-electron chi connectivity index (χ4n) is 2.86. The molecule has 1 aliphatic rings. The molecule has 0 radical (unpaired) electrons. The Hall–Kier alpha value is -3.65. The Morgan fingerprint density at radius 3 is 2.73 bits per heavy atom. The van der Waals surface area contributed by atoms with Gasteiger partial charge in [-0.25, -0.2) is 0 Å². The van der Waals surface area contributed by atoms with E-state index < -0.39 is 17.0 Å². The number of nitro groups is 1. The molecule has 4 rings (SSSR count). The third-order valence-corrected chi connectivity index (χ3v) is 4.14. The number of hydroxylamine groups is 2. The van der Waals surface area contributed by atoms with Crippen molar-refractivity contribution in [3.8, 4) is 11.3 Å². The number of para-hydroxylation sites is 1. The van der Waals surface area contributed by atoms with Crippen LogP contribution < -0.4 is 5.32 Å². The standard InChI is InChI=1S/C18H13N3O5/c22-18-13-6-1-2-7-14(13)19-17(20(18)23)16-9-8-15(26-16)11-4-3-5-12(10-11)21(24)25/h1-10,17,19,23H/t17-/m1/s1. The minimum Gasteiger partial charge on any atom is -0.457 e. The normalized spacial score (nSPS) is 16.1. The van der Waals surface area contributed by atoms with E-state index in [1.165, 1.54) is 12.1 Å². The molecule has 0 saturated carbocycles. The molecule has 2 N–H and O–H groups in total. The maximum absolute atomic E-state index is 12.3. The number of nitrogens with zero attached hydrogens (tertiary/aromatic N) is 2. The second kappa shape index (κ2) is 6.01. The zero-order valence-corrected chi connectivity index (χ0v) is 13.3. The Morgan fingerprint density at radius 1 is 1.12 bits per heavy atom. The monoisotopic (exact) mass is 351 g/mol. The minimum absolute atomic E-state index is 0.0517. The first-order chi connectivity index (χ1) is 12.5. The summed E-state index contributed by atoms with van der Waals surface area (Å²) in [5.74, 6) is 0.153. The molecule has 1 amide bonds. The number of carbonyl (C=O) groups is 1. The summed E-state index contributed by atoms with van der Waals surface area (Å²) in [6, 6.07) is 16.1. The molecule has 2 heterocycles. The quantitative estimate of drug-likeness (QED) is 0.422. The van der Waals surface area contributed by atoms with Gasteiger partial charge >= 0.3 is 0 Å². The van der Waals surface area contributed by atoms with Gasteiger partial charge in [0, 0.05) is 23.4 Å². The molecular formula is C18H13N3O5. The van der Waals surface area contributed by atoms with Gasteiger partial charge in [-0.2, -0.15) is 5.06 Å². The lowest BCUT2D eigenvalue weighted by Crippen LogP contribution is -2.40. The van der Waals surface area contributed by atoms with E-state index in [4.69, 9.17) is 4.42 Å². The van der Waals surface area contributed by atoms with Crippen molar-refractivity contribution < 1.29 is 19.3 Å². The molecule has 0 bridgehead atoms. The topological polar surface area (TPSA) is 109 Å². The van der Waals surface area contributed by atoms with Crippen molar-refractivity contribution in [2.75, 3.05) is 5.32 Å². The zero-order chi connectivity index (χ0) is 18.3. The molecule has 8 heteroatoms. The lowest BCUT2D eigenvalue weighted by molar-refractivity contribution is -0.384. The van der Waals surface area contributed by atoms with Gasteiger partial charge in [-0.1, -0.05) is 24.3 Å². The highest BCUT2D eigenvalue weighted by Crippen LogP contribution is 2.34. The smallest absolute Gasteiger partial charge is 0.281 e. The molecule has 2 aromatic carbocycles. The molecule has 130 valence electrons. The summed E-state index contributed by atoms with van der Waals surface area (Å²) in [6.45, 7) is 0. The number of non-ortho nitro benzene ring substituents is 1. The Morgan fingerprint density at radius 2 is 1.92 bits per heavy atom. The summed E-state index contributed by atoms with van der Waals surface area (Å²) >= 11 is 0. The molecular weight excluding hydrogens is 338 g/mol. The average molecular weight is 351 g/mol. The van der Waals surface area contributed by atoms with Gasteiger partial charge in [0.2, 0.25) is 0 Å². The number of amides is 1. The van der Waals surface area contributed by atoms with E-state index in [2.05, 4.69) is 5.32 Å². The lowest BCUT2D eigenvalue weighted by Gasteiger charge is -2.31. The number of fused-ring (bicyclic) bond motifs is 1. The van der Waals surface area contributed by atoms with E-state index in [1.807, 2.05) is 0 Å². The van der Waals surface area contributed by atoms with Crippen molar-refractivity contribution in [3.05, 3.63) is 82.1 Å². The number of furan rings is 1. The van der Waals surface area contributed by atoms with Crippen molar-refractivity contribution in [2.24, 2.45) is 0 Å². The molecule has 1 atom stereocenters. The highest BCUT2D eigenvalue weighted by Gasteiger charge is 2.34. The molecule has 0 saturated heterocycles. The van der Waals surface area contributed by atoms with Crippen LogP contribution in [0.15, 0.2) is 65.1 Å². The van der Waals surface area contributed by atoms with Crippen LogP contribution in [0.2, 0.25) is 0 Å². The van der Waals surface area contributed by atoms with Gasteiger partial charge in [0.05, 0.1) is 10.5 Å². The number of nitro benzene ring substituents is 1. The summed E-state index contributed by atoms with van der Waals surface area (Å²) in [6.07, 6.45) is -0.898. The number of hydrogen-bond acceptors (Lipinski definition) is 6.